The molecule has 1 rings (SSSR count). The van der Waals surface area contributed by atoms with Crippen LogP contribution in [0.1, 0.15) is 38.6 Å². The summed E-state index contributed by atoms with van der Waals surface area (Å²) >= 11 is 0. The summed E-state index contributed by atoms with van der Waals surface area (Å²) in [6, 6.07) is 2.11. The molecular weight excluding hydrogens is 214 g/mol. The van der Waals surface area contributed by atoms with Crippen molar-refractivity contribution in [3.8, 4) is 0 Å². The predicted molar refractivity (Wildman–Crippen MR) is 70.2 cm³/mol. The third kappa shape index (κ3) is 4.13. The first kappa shape index (κ1) is 14.2. The molecule has 1 atom stereocenters. The van der Waals surface area contributed by atoms with E-state index in [0.717, 1.165) is 37.3 Å². The van der Waals surface area contributed by atoms with Gasteiger partial charge in [-0.05, 0) is 46.3 Å². The minimum absolute atomic E-state index is 0.662. The van der Waals surface area contributed by atoms with Crippen molar-refractivity contribution in [2.24, 2.45) is 0 Å². The molecule has 0 aliphatic heterocycles. The normalized spacial score (nSPS) is 14.9. The van der Waals surface area contributed by atoms with E-state index in [1.165, 1.54) is 0 Å². The summed E-state index contributed by atoms with van der Waals surface area (Å²) in [5, 5.41) is 17.9. The van der Waals surface area contributed by atoms with Gasteiger partial charge in [-0.15, -0.1) is 0 Å². The van der Waals surface area contributed by atoms with E-state index in [-0.39, 0.29) is 0 Å². The minimum atomic E-state index is -0.666. The number of nitrogens with one attached hydrogen (secondary N) is 1. The number of hydrogen-bond donors (Lipinski definition) is 2. The van der Waals surface area contributed by atoms with Crippen LogP contribution in [0.4, 0.5) is 0 Å². The van der Waals surface area contributed by atoms with Gasteiger partial charge < -0.3 is 10.4 Å². The first-order valence-electron chi connectivity index (χ1n) is 6.45. The quantitative estimate of drug-likeness (QED) is 0.755. The van der Waals surface area contributed by atoms with Gasteiger partial charge in [-0.3, -0.25) is 4.68 Å². The first-order chi connectivity index (χ1) is 8.02. The SMILES string of the molecule is CCc1cc(CC(C)(O)CCNC)n(CC)n1. The Balaban J connectivity index is 2.75. The standard InChI is InChI=1S/C13H25N3O/c1-5-11-9-12(16(6-2)15-11)10-13(3,17)7-8-14-4/h9,14,17H,5-8,10H2,1-4H3. The highest BCUT2D eigenvalue weighted by Gasteiger charge is 2.22. The molecular formula is C13H25N3O. The van der Waals surface area contributed by atoms with E-state index in [1.54, 1.807) is 0 Å². The van der Waals surface area contributed by atoms with Crippen LogP contribution in [-0.4, -0.2) is 34.1 Å². The summed E-state index contributed by atoms with van der Waals surface area (Å²) in [6.07, 6.45) is 2.36. The molecule has 1 aromatic rings. The maximum atomic E-state index is 10.3. The van der Waals surface area contributed by atoms with Crippen molar-refractivity contribution >= 4 is 0 Å². The molecule has 0 saturated carbocycles. The molecule has 0 fully saturated rings. The molecule has 0 bridgehead atoms. The van der Waals surface area contributed by atoms with Crippen molar-refractivity contribution in [2.45, 2.75) is 52.2 Å². The summed E-state index contributed by atoms with van der Waals surface area (Å²) in [5.74, 6) is 0. The molecule has 0 aliphatic carbocycles. The van der Waals surface area contributed by atoms with Crippen molar-refractivity contribution in [2.75, 3.05) is 13.6 Å². The lowest BCUT2D eigenvalue weighted by Gasteiger charge is -2.23. The highest BCUT2D eigenvalue weighted by atomic mass is 16.3. The van der Waals surface area contributed by atoms with Crippen LogP contribution in [0.5, 0.6) is 0 Å². The Morgan fingerprint density at radius 1 is 1.47 bits per heavy atom. The monoisotopic (exact) mass is 239 g/mol. The zero-order valence-electron chi connectivity index (χ0n) is 11.5. The predicted octanol–water partition coefficient (Wildman–Crippen LogP) is 1.37. The number of nitrogens with zero attached hydrogens (tertiary/aromatic N) is 2. The molecule has 0 radical (unpaired) electrons. The fourth-order valence-electron chi connectivity index (χ4n) is 1.98. The molecule has 2 N–H and O–H groups in total. The minimum Gasteiger partial charge on any atom is -0.390 e. The fraction of sp³-hybridized carbons (Fsp3) is 0.769. The van der Waals surface area contributed by atoms with Gasteiger partial charge in [-0.2, -0.15) is 5.10 Å². The molecule has 0 spiro atoms. The van der Waals surface area contributed by atoms with Crippen LogP contribution >= 0.6 is 0 Å². The summed E-state index contributed by atoms with van der Waals surface area (Å²) in [7, 11) is 1.90. The molecule has 0 aliphatic rings. The van der Waals surface area contributed by atoms with Gasteiger partial charge in [0.2, 0.25) is 0 Å². The second-order valence-electron chi connectivity index (χ2n) is 4.82. The lowest BCUT2D eigenvalue weighted by Crippen LogP contribution is -2.32. The van der Waals surface area contributed by atoms with Gasteiger partial charge >= 0.3 is 0 Å². The van der Waals surface area contributed by atoms with E-state index >= 15 is 0 Å². The van der Waals surface area contributed by atoms with E-state index < -0.39 is 5.60 Å². The lowest BCUT2D eigenvalue weighted by atomic mass is 9.96. The number of aromatic nitrogens is 2. The smallest absolute Gasteiger partial charge is 0.0686 e. The number of rotatable bonds is 7. The van der Waals surface area contributed by atoms with Crippen LogP contribution in [0.15, 0.2) is 6.07 Å². The van der Waals surface area contributed by atoms with Crippen LogP contribution in [-0.2, 0) is 19.4 Å². The summed E-state index contributed by atoms with van der Waals surface area (Å²) in [5.41, 5.74) is 1.57. The van der Waals surface area contributed by atoms with Crippen molar-refractivity contribution in [3.63, 3.8) is 0 Å². The average molecular weight is 239 g/mol. The molecule has 1 heterocycles. The van der Waals surface area contributed by atoms with Gasteiger partial charge in [-0.1, -0.05) is 6.92 Å². The molecule has 4 nitrogen and oxygen atoms in total. The zero-order chi connectivity index (χ0) is 12.9. The molecule has 1 aromatic heterocycles. The molecule has 0 saturated heterocycles. The van der Waals surface area contributed by atoms with Crippen LogP contribution < -0.4 is 5.32 Å². The van der Waals surface area contributed by atoms with Crippen molar-refractivity contribution in [1.82, 2.24) is 15.1 Å². The van der Waals surface area contributed by atoms with Gasteiger partial charge in [0.25, 0.3) is 0 Å². The maximum absolute atomic E-state index is 10.3. The van der Waals surface area contributed by atoms with Crippen LogP contribution in [0.2, 0.25) is 0 Å². The Morgan fingerprint density at radius 2 is 2.18 bits per heavy atom. The molecule has 4 heteroatoms. The Morgan fingerprint density at radius 3 is 2.71 bits per heavy atom. The number of aliphatic hydroxyl groups is 1. The van der Waals surface area contributed by atoms with E-state index in [1.807, 2.05) is 18.7 Å². The van der Waals surface area contributed by atoms with Gasteiger partial charge in [0.1, 0.15) is 0 Å². The molecule has 17 heavy (non-hydrogen) atoms. The summed E-state index contributed by atoms with van der Waals surface area (Å²) in [6.45, 7) is 7.76. The lowest BCUT2D eigenvalue weighted by molar-refractivity contribution is 0.0500. The van der Waals surface area contributed by atoms with Gasteiger partial charge in [0, 0.05) is 18.7 Å². The Hall–Kier alpha value is -0.870. The molecule has 0 amide bonds. The third-order valence-corrected chi connectivity index (χ3v) is 3.05. The number of aryl methyl sites for hydroxylation is 2. The molecule has 0 aromatic carbocycles. The van der Waals surface area contributed by atoms with Gasteiger partial charge in [-0.25, -0.2) is 0 Å². The van der Waals surface area contributed by atoms with Gasteiger partial charge in [0.15, 0.2) is 0 Å². The van der Waals surface area contributed by atoms with Crippen LogP contribution in [0.25, 0.3) is 0 Å². The van der Waals surface area contributed by atoms with Crippen molar-refractivity contribution in [1.29, 1.82) is 0 Å². The van der Waals surface area contributed by atoms with E-state index in [0.29, 0.717) is 6.42 Å². The highest BCUT2D eigenvalue weighted by Crippen LogP contribution is 2.17. The topological polar surface area (TPSA) is 50.1 Å². The highest BCUT2D eigenvalue weighted by molar-refractivity contribution is 5.12. The van der Waals surface area contributed by atoms with E-state index in [4.69, 9.17) is 0 Å². The van der Waals surface area contributed by atoms with Crippen LogP contribution in [0, 0.1) is 0 Å². The Kier molecular flexibility index (Phi) is 5.15. The zero-order valence-corrected chi connectivity index (χ0v) is 11.5. The fourth-order valence-corrected chi connectivity index (χ4v) is 1.98. The maximum Gasteiger partial charge on any atom is 0.0686 e. The van der Waals surface area contributed by atoms with Crippen molar-refractivity contribution in [3.05, 3.63) is 17.5 Å². The average Bonchev–Trinajstić information content (AvgIpc) is 2.68. The summed E-state index contributed by atoms with van der Waals surface area (Å²) in [4.78, 5) is 0. The first-order valence-corrected chi connectivity index (χ1v) is 6.45. The third-order valence-electron chi connectivity index (χ3n) is 3.05. The number of hydrogen-bond acceptors (Lipinski definition) is 3. The Labute approximate surface area is 104 Å². The van der Waals surface area contributed by atoms with E-state index in [9.17, 15) is 5.11 Å². The van der Waals surface area contributed by atoms with Gasteiger partial charge in [0.05, 0.1) is 11.3 Å². The second kappa shape index (κ2) is 6.17. The summed E-state index contributed by atoms with van der Waals surface area (Å²) < 4.78 is 1.99. The Bertz CT molecular complexity index is 344. The van der Waals surface area contributed by atoms with E-state index in [2.05, 4.69) is 30.3 Å². The molecule has 1 unspecified atom stereocenters. The molecule has 98 valence electrons. The van der Waals surface area contributed by atoms with Crippen molar-refractivity contribution < 1.29 is 5.11 Å². The van der Waals surface area contributed by atoms with Crippen LogP contribution in [0.3, 0.4) is 0 Å². The second-order valence-corrected chi connectivity index (χ2v) is 4.82. The largest absolute Gasteiger partial charge is 0.390 e.